The maximum atomic E-state index is 12.8. The minimum Gasteiger partial charge on any atom is -0.480 e. The first-order chi connectivity index (χ1) is 13.2. The van der Waals surface area contributed by atoms with E-state index in [2.05, 4.69) is 6.58 Å². The topological polar surface area (TPSA) is 39.4 Å². The van der Waals surface area contributed by atoms with Gasteiger partial charge >= 0.3 is 5.63 Å². The molecule has 0 amide bonds. The molecule has 0 radical (unpaired) electrons. The smallest absolute Gasteiger partial charge is 0.347 e. The molecule has 0 aliphatic carbocycles. The normalized spacial score (nSPS) is 16.8. The number of ether oxygens (including phenoxy) is 1. The van der Waals surface area contributed by atoms with Crippen molar-refractivity contribution < 1.29 is 9.15 Å². The molecule has 2 heterocycles. The standard InChI is InChI=1S/C24H20O3/c1-3-10-19-16(2)26-24(25)21-20(15-17-11-6-4-7-12-17)22(27-23(19)21)18-13-8-5-9-14-18/h3-9,11-15,22H,1,10H2,2H3/b20-15-. The Morgan fingerprint density at radius 1 is 1.04 bits per heavy atom. The Bertz CT molecular complexity index is 1060. The molecular formula is C24H20O3. The Kier molecular flexibility index (Phi) is 4.51. The van der Waals surface area contributed by atoms with Gasteiger partial charge < -0.3 is 9.15 Å². The van der Waals surface area contributed by atoms with Crippen molar-refractivity contribution in [2.45, 2.75) is 19.4 Å². The van der Waals surface area contributed by atoms with Gasteiger partial charge in [-0.05, 0) is 30.5 Å². The van der Waals surface area contributed by atoms with Crippen molar-refractivity contribution in [3.8, 4) is 5.75 Å². The van der Waals surface area contributed by atoms with Gasteiger partial charge in [-0.2, -0.15) is 0 Å². The van der Waals surface area contributed by atoms with E-state index in [0.717, 1.165) is 22.3 Å². The third-order valence-electron chi connectivity index (χ3n) is 4.76. The molecule has 0 bridgehead atoms. The van der Waals surface area contributed by atoms with E-state index in [1.54, 1.807) is 13.0 Å². The second-order valence-corrected chi connectivity index (χ2v) is 6.54. The first-order valence-corrected chi connectivity index (χ1v) is 8.95. The lowest BCUT2D eigenvalue weighted by Crippen LogP contribution is -2.08. The Morgan fingerprint density at radius 3 is 2.37 bits per heavy atom. The Morgan fingerprint density at radius 2 is 1.70 bits per heavy atom. The van der Waals surface area contributed by atoms with Crippen molar-refractivity contribution in [1.82, 2.24) is 0 Å². The molecule has 2 aromatic carbocycles. The van der Waals surface area contributed by atoms with Gasteiger partial charge in [-0.1, -0.05) is 66.7 Å². The molecule has 0 saturated heterocycles. The Labute approximate surface area is 158 Å². The Balaban J connectivity index is 1.96. The second kappa shape index (κ2) is 7.12. The molecule has 0 saturated carbocycles. The van der Waals surface area contributed by atoms with Crippen LogP contribution in [0.15, 0.2) is 82.5 Å². The fourth-order valence-electron chi connectivity index (χ4n) is 3.48. The first-order valence-electron chi connectivity index (χ1n) is 8.95. The summed E-state index contributed by atoms with van der Waals surface area (Å²) in [5.41, 5.74) is 3.84. The summed E-state index contributed by atoms with van der Waals surface area (Å²) >= 11 is 0. The van der Waals surface area contributed by atoms with Gasteiger partial charge in [0.1, 0.15) is 23.2 Å². The number of allylic oxidation sites excluding steroid dienone is 1. The lowest BCUT2D eigenvalue weighted by molar-refractivity contribution is 0.278. The molecule has 134 valence electrons. The van der Waals surface area contributed by atoms with E-state index in [1.807, 2.05) is 66.7 Å². The average molecular weight is 356 g/mol. The summed E-state index contributed by atoms with van der Waals surface area (Å²) < 4.78 is 11.9. The highest BCUT2D eigenvalue weighted by atomic mass is 16.5. The van der Waals surface area contributed by atoms with Crippen molar-refractivity contribution in [1.29, 1.82) is 0 Å². The van der Waals surface area contributed by atoms with Crippen molar-refractivity contribution in [2.75, 3.05) is 0 Å². The van der Waals surface area contributed by atoms with Crippen LogP contribution in [0.1, 0.15) is 34.1 Å². The number of benzene rings is 2. The maximum absolute atomic E-state index is 12.8. The minimum absolute atomic E-state index is 0.352. The summed E-state index contributed by atoms with van der Waals surface area (Å²) in [5.74, 6) is 1.19. The van der Waals surface area contributed by atoms with E-state index in [-0.39, 0.29) is 11.7 Å². The highest BCUT2D eigenvalue weighted by Gasteiger charge is 2.35. The van der Waals surface area contributed by atoms with Crippen molar-refractivity contribution in [3.05, 3.63) is 112 Å². The molecule has 3 aromatic rings. The number of aryl methyl sites for hydroxylation is 1. The maximum Gasteiger partial charge on any atom is 0.347 e. The van der Waals surface area contributed by atoms with Crippen LogP contribution in [0.2, 0.25) is 0 Å². The average Bonchev–Trinajstić information content (AvgIpc) is 3.06. The van der Waals surface area contributed by atoms with Crippen LogP contribution in [0, 0.1) is 6.92 Å². The second-order valence-electron chi connectivity index (χ2n) is 6.54. The van der Waals surface area contributed by atoms with Crippen LogP contribution in [0.3, 0.4) is 0 Å². The first kappa shape index (κ1) is 17.1. The van der Waals surface area contributed by atoms with Gasteiger partial charge in [0.2, 0.25) is 0 Å². The number of hydrogen-bond acceptors (Lipinski definition) is 3. The monoisotopic (exact) mass is 356 g/mol. The van der Waals surface area contributed by atoms with Gasteiger partial charge in [-0.25, -0.2) is 4.79 Å². The lowest BCUT2D eigenvalue weighted by Gasteiger charge is -2.14. The molecule has 1 atom stereocenters. The molecule has 1 unspecified atom stereocenters. The lowest BCUT2D eigenvalue weighted by atomic mass is 9.95. The molecule has 0 spiro atoms. The van der Waals surface area contributed by atoms with Crippen LogP contribution in [0.25, 0.3) is 11.6 Å². The summed E-state index contributed by atoms with van der Waals surface area (Å²) in [7, 11) is 0. The fraction of sp³-hybridized carbons (Fsp3) is 0.125. The van der Waals surface area contributed by atoms with Gasteiger partial charge in [-0.3, -0.25) is 0 Å². The predicted octanol–water partition coefficient (Wildman–Crippen LogP) is 5.35. The molecule has 1 aliphatic heterocycles. The van der Waals surface area contributed by atoms with Gasteiger partial charge in [-0.15, -0.1) is 6.58 Å². The van der Waals surface area contributed by atoms with Crippen LogP contribution < -0.4 is 10.4 Å². The number of fused-ring (bicyclic) bond motifs is 1. The molecule has 0 fully saturated rings. The molecular weight excluding hydrogens is 336 g/mol. The van der Waals surface area contributed by atoms with Gasteiger partial charge in [0.25, 0.3) is 0 Å². The molecule has 0 N–H and O–H groups in total. The summed E-state index contributed by atoms with van der Waals surface area (Å²) in [4.78, 5) is 12.8. The van der Waals surface area contributed by atoms with E-state index < -0.39 is 0 Å². The predicted molar refractivity (Wildman–Crippen MR) is 108 cm³/mol. The number of hydrogen-bond donors (Lipinski definition) is 0. The molecule has 27 heavy (non-hydrogen) atoms. The van der Waals surface area contributed by atoms with Crippen LogP contribution in [-0.4, -0.2) is 0 Å². The highest BCUT2D eigenvalue weighted by Crippen LogP contribution is 2.47. The zero-order chi connectivity index (χ0) is 18.8. The quantitative estimate of drug-likeness (QED) is 0.592. The zero-order valence-electron chi connectivity index (χ0n) is 15.1. The summed E-state index contributed by atoms with van der Waals surface area (Å²) in [6.07, 6.45) is 4.03. The summed E-state index contributed by atoms with van der Waals surface area (Å²) in [6, 6.07) is 19.9. The van der Waals surface area contributed by atoms with Gasteiger partial charge in [0.05, 0.1) is 0 Å². The fourth-order valence-corrected chi connectivity index (χ4v) is 3.48. The van der Waals surface area contributed by atoms with E-state index in [4.69, 9.17) is 9.15 Å². The Hall–Kier alpha value is -3.33. The van der Waals surface area contributed by atoms with E-state index >= 15 is 0 Å². The van der Waals surface area contributed by atoms with E-state index in [9.17, 15) is 4.79 Å². The van der Waals surface area contributed by atoms with Crippen LogP contribution >= 0.6 is 0 Å². The van der Waals surface area contributed by atoms with Gasteiger partial charge in [0, 0.05) is 11.1 Å². The van der Waals surface area contributed by atoms with Gasteiger partial charge in [0.15, 0.2) is 0 Å². The minimum atomic E-state index is -0.365. The number of rotatable bonds is 4. The largest absolute Gasteiger partial charge is 0.480 e. The van der Waals surface area contributed by atoms with E-state index in [0.29, 0.717) is 23.5 Å². The summed E-state index contributed by atoms with van der Waals surface area (Å²) in [5, 5.41) is 0. The van der Waals surface area contributed by atoms with Crippen molar-refractivity contribution in [2.24, 2.45) is 0 Å². The van der Waals surface area contributed by atoms with E-state index in [1.165, 1.54) is 0 Å². The highest BCUT2D eigenvalue weighted by molar-refractivity contribution is 5.89. The SMILES string of the molecule is C=CCc1c(C)oc(=O)c2c1OC(c1ccccc1)/C2=C\c1ccccc1. The zero-order valence-corrected chi connectivity index (χ0v) is 15.1. The molecule has 1 aliphatic rings. The summed E-state index contributed by atoms with van der Waals surface area (Å²) in [6.45, 7) is 5.61. The third-order valence-corrected chi connectivity index (χ3v) is 4.76. The van der Waals surface area contributed by atoms with Crippen LogP contribution in [0.5, 0.6) is 5.75 Å². The van der Waals surface area contributed by atoms with Crippen LogP contribution in [-0.2, 0) is 6.42 Å². The molecule has 1 aromatic heterocycles. The van der Waals surface area contributed by atoms with Crippen LogP contribution in [0.4, 0.5) is 0 Å². The molecule has 3 heteroatoms. The van der Waals surface area contributed by atoms with Crippen molar-refractivity contribution >= 4 is 11.6 Å². The molecule has 3 nitrogen and oxygen atoms in total. The molecule has 4 rings (SSSR count). The third kappa shape index (κ3) is 3.13. The van der Waals surface area contributed by atoms with Crippen molar-refractivity contribution in [3.63, 3.8) is 0 Å².